The third-order valence-corrected chi connectivity index (χ3v) is 2.72. The number of hydrogen-bond acceptors (Lipinski definition) is 4. The third-order valence-electron chi connectivity index (χ3n) is 2.72. The van der Waals surface area contributed by atoms with Gasteiger partial charge >= 0.3 is 0 Å². The lowest BCUT2D eigenvalue weighted by atomic mass is 10.0. The van der Waals surface area contributed by atoms with Crippen LogP contribution in [0.1, 0.15) is 20.3 Å². The summed E-state index contributed by atoms with van der Waals surface area (Å²) in [4.78, 5) is 34.1. The van der Waals surface area contributed by atoms with Gasteiger partial charge in [0.15, 0.2) is 12.4 Å². The number of hydrogen-bond donors (Lipinski definition) is 1. The second kappa shape index (κ2) is 8.09. The van der Waals surface area contributed by atoms with Gasteiger partial charge in [-0.2, -0.15) is 0 Å². The molecule has 0 aliphatic rings. The maximum atomic E-state index is 11.6. The van der Waals surface area contributed by atoms with Gasteiger partial charge < -0.3 is 14.8 Å². The minimum atomic E-state index is -0.372. The highest BCUT2D eigenvalue weighted by Gasteiger charge is 2.15. The summed E-state index contributed by atoms with van der Waals surface area (Å²) in [6, 6.07) is 8.95. The predicted octanol–water partition coefficient (Wildman–Crippen LogP) is 1.37. The first-order valence-electron chi connectivity index (χ1n) is 6.45. The fraction of sp³-hybridized carbons (Fsp3) is 0.400. The van der Waals surface area contributed by atoms with Crippen LogP contribution in [-0.4, -0.2) is 30.6 Å². The maximum absolute atomic E-state index is 11.6. The smallest absolute Gasteiger partial charge is 0.258 e. The van der Waals surface area contributed by atoms with Gasteiger partial charge in [0.05, 0.1) is 6.54 Å². The highest BCUT2D eigenvalue weighted by molar-refractivity contribution is 5.90. The number of ether oxygens (including phenoxy) is 1. The summed E-state index contributed by atoms with van der Waals surface area (Å²) in [5.41, 5.74) is 0. The Hall–Kier alpha value is -2.17. The van der Waals surface area contributed by atoms with Gasteiger partial charge in [-0.3, -0.25) is 9.59 Å². The number of para-hydroxylation sites is 1. The zero-order chi connectivity index (χ0) is 15.0. The van der Waals surface area contributed by atoms with Crippen LogP contribution in [0.25, 0.3) is 0 Å². The van der Waals surface area contributed by atoms with E-state index in [1.54, 1.807) is 31.2 Å². The third kappa shape index (κ3) is 6.13. The summed E-state index contributed by atoms with van der Waals surface area (Å²) in [5.74, 6) is -0.336. The summed E-state index contributed by atoms with van der Waals surface area (Å²) in [5, 5.41) is 2.48. The molecule has 5 heteroatoms. The monoisotopic (exact) mass is 277 g/mol. The molecule has 0 saturated carbocycles. The molecule has 0 aliphatic heterocycles. The first-order chi connectivity index (χ1) is 9.49. The van der Waals surface area contributed by atoms with Crippen LogP contribution in [0.2, 0.25) is 0 Å². The minimum Gasteiger partial charge on any atom is -0.484 e. The Balaban J connectivity index is 2.26. The topological polar surface area (TPSA) is 72.5 Å². The van der Waals surface area contributed by atoms with E-state index in [9.17, 15) is 14.4 Å². The number of rotatable bonds is 8. The molecule has 20 heavy (non-hydrogen) atoms. The molecule has 1 aromatic rings. The largest absolute Gasteiger partial charge is 0.484 e. The Labute approximate surface area is 118 Å². The van der Waals surface area contributed by atoms with Crippen molar-refractivity contribution in [1.29, 1.82) is 0 Å². The van der Waals surface area contributed by atoms with E-state index in [1.807, 2.05) is 6.07 Å². The minimum absolute atomic E-state index is 0.0374. The Morgan fingerprint density at radius 3 is 2.45 bits per heavy atom. The van der Waals surface area contributed by atoms with Gasteiger partial charge in [-0.15, -0.1) is 0 Å². The van der Waals surface area contributed by atoms with Gasteiger partial charge in [0.1, 0.15) is 11.5 Å². The van der Waals surface area contributed by atoms with Crippen molar-refractivity contribution in [2.24, 2.45) is 5.92 Å². The SMILES string of the molecule is CC(=O)CC(C)C(=O)CNC(=O)COc1ccccc1. The molecule has 0 fully saturated rings. The van der Waals surface area contributed by atoms with E-state index in [4.69, 9.17) is 4.74 Å². The van der Waals surface area contributed by atoms with E-state index >= 15 is 0 Å². The van der Waals surface area contributed by atoms with Crippen molar-refractivity contribution >= 4 is 17.5 Å². The molecule has 0 aliphatic carbocycles. The van der Waals surface area contributed by atoms with E-state index in [0.29, 0.717) is 5.75 Å². The fourth-order valence-electron chi connectivity index (χ4n) is 1.62. The lowest BCUT2D eigenvalue weighted by Crippen LogP contribution is -2.35. The number of carbonyl (C=O) groups excluding carboxylic acids is 3. The van der Waals surface area contributed by atoms with E-state index in [2.05, 4.69) is 5.32 Å². The molecule has 0 bridgehead atoms. The predicted molar refractivity (Wildman–Crippen MR) is 74.4 cm³/mol. The average Bonchev–Trinajstić information content (AvgIpc) is 2.42. The fourth-order valence-corrected chi connectivity index (χ4v) is 1.62. The second-order valence-corrected chi connectivity index (χ2v) is 4.65. The molecule has 1 rings (SSSR count). The van der Waals surface area contributed by atoms with Gasteiger partial charge in [-0.05, 0) is 19.1 Å². The molecule has 1 amide bonds. The van der Waals surface area contributed by atoms with Gasteiger partial charge in [-0.1, -0.05) is 25.1 Å². The van der Waals surface area contributed by atoms with E-state index in [1.165, 1.54) is 6.92 Å². The Morgan fingerprint density at radius 2 is 1.85 bits per heavy atom. The Morgan fingerprint density at radius 1 is 1.20 bits per heavy atom. The first-order valence-corrected chi connectivity index (χ1v) is 6.45. The molecule has 0 spiro atoms. The Kier molecular flexibility index (Phi) is 6.43. The van der Waals surface area contributed by atoms with Crippen LogP contribution < -0.4 is 10.1 Å². The van der Waals surface area contributed by atoms with Crippen molar-refractivity contribution < 1.29 is 19.1 Å². The Bertz CT molecular complexity index is 470. The number of Topliss-reactive ketones (excluding diaryl/α,β-unsaturated/α-hetero) is 2. The van der Waals surface area contributed by atoms with Crippen molar-refractivity contribution in [1.82, 2.24) is 5.32 Å². The number of ketones is 2. The van der Waals surface area contributed by atoms with Crippen molar-refractivity contribution in [2.75, 3.05) is 13.2 Å². The summed E-state index contributed by atoms with van der Waals surface area (Å²) >= 11 is 0. The van der Waals surface area contributed by atoms with Crippen molar-refractivity contribution in [3.05, 3.63) is 30.3 Å². The van der Waals surface area contributed by atoms with Gasteiger partial charge in [-0.25, -0.2) is 0 Å². The maximum Gasteiger partial charge on any atom is 0.258 e. The molecular weight excluding hydrogens is 258 g/mol. The van der Waals surface area contributed by atoms with Crippen LogP contribution in [0, 0.1) is 5.92 Å². The van der Waals surface area contributed by atoms with Crippen LogP contribution in [0.15, 0.2) is 30.3 Å². The normalized spacial score (nSPS) is 11.5. The molecule has 0 heterocycles. The number of benzene rings is 1. The van der Waals surface area contributed by atoms with Crippen LogP contribution in [0.3, 0.4) is 0 Å². The highest BCUT2D eigenvalue weighted by Crippen LogP contribution is 2.07. The molecule has 0 aromatic heterocycles. The molecule has 1 N–H and O–H groups in total. The van der Waals surface area contributed by atoms with Gasteiger partial charge in [0.2, 0.25) is 0 Å². The van der Waals surface area contributed by atoms with Crippen LogP contribution in [0.4, 0.5) is 0 Å². The van der Waals surface area contributed by atoms with Crippen LogP contribution in [0.5, 0.6) is 5.75 Å². The summed E-state index contributed by atoms with van der Waals surface area (Å²) in [6.07, 6.45) is 0.204. The van der Waals surface area contributed by atoms with Crippen LogP contribution in [-0.2, 0) is 14.4 Å². The van der Waals surface area contributed by atoms with E-state index in [-0.39, 0.29) is 43.0 Å². The number of amides is 1. The molecule has 5 nitrogen and oxygen atoms in total. The molecular formula is C15H19NO4. The molecule has 1 unspecified atom stereocenters. The molecule has 0 saturated heterocycles. The van der Waals surface area contributed by atoms with Gasteiger partial charge in [0.25, 0.3) is 5.91 Å². The lowest BCUT2D eigenvalue weighted by molar-refractivity contribution is -0.129. The highest BCUT2D eigenvalue weighted by atomic mass is 16.5. The van der Waals surface area contributed by atoms with Gasteiger partial charge in [0, 0.05) is 12.3 Å². The molecule has 1 atom stereocenters. The van der Waals surface area contributed by atoms with Crippen molar-refractivity contribution in [2.45, 2.75) is 20.3 Å². The number of carbonyl (C=O) groups is 3. The molecule has 0 radical (unpaired) electrons. The summed E-state index contributed by atoms with van der Waals surface area (Å²) in [6.45, 7) is 2.90. The average molecular weight is 277 g/mol. The van der Waals surface area contributed by atoms with E-state index < -0.39 is 0 Å². The van der Waals surface area contributed by atoms with E-state index in [0.717, 1.165) is 0 Å². The standard InChI is InChI=1S/C15H19NO4/c1-11(8-12(2)17)14(18)9-16-15(19)10-20-13-6-4-3-5-7-13/h3-7,11H,8-10H2,1-2H3,(H,16,19). The molecule has 108 valence electrons. The zero-order valence-corrected chi connectivity index (χ0v) is 11.7. The summed E-state index contributed by atoms with van der Waals surface area (Å²) < 4.78 is 5.25. The van der Waals surface area contributed by atoms with Crippen LogP contribution >= 0.6 is 0 Å². The lowest BCUT2D eigenvalue weighted by Gasteiger charge is -2.10. The molecule has 1 aromatic carbocycles. The van der Waals surface area contributed by atoms with Crippen molar-refractivity contribution in [3.8, 4) is 5.75 Å². The quantitative estimate of drug-likeness (QED) is 0.779. The first kappa shape index (κ1) is 15.9. The van der Waals surface area contributed by atoms with Crippen molar-refractivity contribution in [3.63, 3.8) is 0 Å². The number of nitrogens with one attached hydrogen (secondary N) is 1. The zero-order valence-electron chi connectivity index (χ0n) is 11.7. The summed E-state index contributed by atoms with van der Waals surface area (Å²) in [7, 11) is 0. The second-order valence-electron chi connectivity index (χ2n) is 4.65.